The molecule has 3 heterocycles. The van der Waals surface area contributed by atoms with Gasteiger partial charge in [-0.3, -0.25) is 57.5 Å². The van der Waals surface area contributed by atoms with Gasteiger partial charge in [-0.15, -0.1) is 11.6 Å². The Hall–Kier alpha value is -6.42. The van der Waals surface area contributed by atoms with E-state index in [0.29, 0.717) is 88.6 Å². The number of hydrogen-bond acceptors (Lipinski definition) is 12. The number of likely N-dealkylation sites (N-methyl/N-ethyl adjacent to an activating group) is 7. The van der Waals surface area contributed by atoms with Crippen LogP contribution >= 0.6 is 11.6 Å². The number of rotatable bonds is 10. The number of carbonyl (C=O) groups excluding carboxylic acids is 12. The van der Waals surface area contributed by atoms with Crippen LogP contribution in [-0.4, -0.2) is 269 Å². The van der Waals surface area contributed by atoms with Crippen molar-refractivity contribution in [3.63, 3.8) is 0 Å². The van der Waals surface area contributed by atoms with E-state index in [1.165, 1.54) is 68.9 Å². The Balaban J connectivity index is 1.17. The molecule has 8 aliphatic rings. The van der Waals surface area contributed by atoms with Crippen molar-refractivity contribution in [1.82, 2.24) is 60.0 Å². The van der Waals surface area contributed by atoms with Crippen molar-refractivity contribution in [2.24, 2.45) is 35.5 Å². The summed E-state index contributed by atoms with van der Waals surface area (Å²) in [6.45, 7) is 1.12. The van der Waals surface area contributed by atoms with E-state index in [1.54, 1.807) is 11.8 Å². The number of alkyl halides is 6. The highest BCUT2D eigenvalue weighted by atomic mass is 35.5. The second-order valence-electron chi connectivity index (χ2n) is 31.2. The Labute approximate surface area is 602 Å². The van der Waals surface area contributed by atoms with Crippen molar-refractivity contribution in [1.29, 1.82) is 0 Å². The second kappa shape index (κ2) is 35.1. The van der Waals surface area contributed by atoms with Gasteiger partial charge < -0.3 is 60.0 Å². The summed E-state index contributed by atoms with van der Waals surface area (Å²) in [5.74, 6) is -16.5. The molecule has 11 atom stereocenters. The predicted octanol–water partition coefficient (Wildman–Crippen LogP) is 6.09. The Morgan fingerprint density at radius 2 is 1.18 bits per heavy atom. The molecule has 0 aromatic heterocycles. The van der Waals surface area contributed by atoms with Crippen LogP contribution in [0.2, 0.25) is 0 Å². The number of likely N-dealkylation sites (tertiary alicyclic amines) is 1. The SMILES string of the molecule is CC[C@H](C)[C@@H]1NC(=O)[C@H](C2CCC2)N(C)C(=O)C[C@@H](C(=O)N2CCCC2)N(C)C(=O)[C@H](C2CCCCC2)N(C)C(=O)C2(CCCC2)NC(=O)[C@@H]2CC(F)(F)CN2C(=O)[C@H](CCC2CCC(C(F)(F)F)C(Cl)C2)NC(=O)CN(C)C(=O)[C@H](CC2CCCCC2)N(C)C(=O)CN(C)C(=O)CN(C)C1=O. The van der Waals surface area contributed by atoms with Crippen LogP contribution in [0.15, 0.2) is 0 Å². The van der Waals surface area contributed by atoms with Gasteiger partial charge in [0.1, 0.15) is 47.8 Å². The van der Waals surface area contributed by atoms with Gasteiger partial charge in [0.25, 0.3) is 5.92 Å². The molecule has 0 radical (unpaired) electrons. The summed E-state index contributed by atoms with van der Waals surface area (Å²) in [4.78, 5) is 190. The van der Waals surface area contributed by atoms with Crippen LogP contribution in [0.4, 0.5) is 22.0 Å². The van der Waals surface area contributed by atoms with Crippen molar-refractivity contribution in [2.45, 2.75) is 259 Å². The number of fused-ring (bicyclic) bond motifs is 1. The first-order valence-electron chi connectivity index (χ1n) is 37.5. The zero-order valence-corrected chi connectivity index (χ0v) is 62.1. The van der Waals surface area contributed by atoms with Gasteiger partial charge in [0.15, 0.2) is 0 Å². The van der Waals surface area contributed by atoms with Crippen LogP contribution in [0.3, 0.4) is 0 Å². The van der Waals surface area contributed by atoms with Crippen molar-refractivity contribution < 1.29 is 79.5 Å². The van der Waals surface area contributed by atoms with Crippen LogP contribution in [0.25, 0.3) is 0 Å². The Morgan fingerprint density at radius 1 is 0.588 bits per heavy atom. The predicted molar refractivity (Wildman–Crippen MR) is 368 cm³/mol. The zero-order valence-electron chi connectivity index (χ0n) is 61.3. The molecule has 30 heteroatoms. The van der Waals surface area contributed by atoms with E-state index in [-0.39, 0.29) is 63.2 Å². The lowest BCUT2D eigenvalue weighted by Gasteiger charge is -2.43. The molecule has 0 aromatic carbocycles. The molecule has 8 fully saturated rings. The van der Waals surface area contributed by atoms with E-state index in [2.05, 4.69) is 16.0 Å². The number of hydrogen-bond donors (Lipinski definition) is 3. The standard InChI is InChI=1S/C72H112ClF5N12O12/c1-10-44(2)59-67(100)84(5)41-57(93)82(3)42-58(94)85(6)52(37-45-22-13-11-14-23-45)65(98)83(4)40-55(91)79-51(31-29-46-28-30-49(50(73)36-46)72(76,77)78)64(97)90-43-71(74,75)39-54(90)62(95)81-70(32-17-18-33-70)69(102)88(9)61(48-24-15-12-16-25-48)68(101)86(7)53(66(99)89-34-19-20-35-89)38-56(92)87(8)60(63(96)80-59)47-26-21-27-47/h44-54,59-61H,10-43H2,1-9H3,(H,79,91)(H,80,96)(H,81,95)/t44-,46?,49?,50?,51-,52-,53-,54-,59-,60-,61-/m0/s1. The molecule has 24 nitrogen and oxygen atoms in total. The van der Waals surface area contributed by atoms with E-state index in [0.717, 1.165) is 59.6 Å². The first-order chi connectivity index (χ1) is 48.1. The molecule has 3 saturated heterocycles. The molecule has 102 heavy (non-hydrogen) atoms. The quantitative estimate of drug-likeness (QED) is 0.166. The Morgan fingerprint density at radius 3 is 1.76 bits per heavy atom. The number of amides is 12. The van der Waals surface area contributed by atoms with Crippen molar-refractivity contribution in [3.05, 3.63) is 0 Å². The number of nitrogens with one attached hydrogen (secondary N) is 3. The van der Waals surface area contributed by atoms with Gasteiger partial charge in [0.05, 0.1) is 38.5 Å². The number of halogens is 6. The summed E-state index contributed by atoms with van der Waals surface area (Å²) in [5, 5.41) is 7.04. The zero-order chi connectivity index (χ0) is 74.9. The van der Waals surface area contributed by atoms with Crippen molar-refractivity contribution in [2.75, 3.05) is 88.6 Å². The van der Waals surface area contributed by atoms with Gasteiger partial charge in [0.2, 0.25) is 70.9 Å². The van der Waals surface area contributed by atoms with Crippen molar-refractivity contribution >= 4 is 82.5 Å². The Kier molecular flexibility index (Phi) is 28.0. The minimum atomic E-state index is -4.58. The van der Waals surface area contributed by atoms with Gasteiger partial charge in [0, 0.05) is 74.2 Å². The maximum Gasteiger partial charge on any atom is 0.393 e. The fourth-order valence-corrected chi connectivity index (χ4v) is 17.7. The molecule has 5 aliphatic carbocycles. The van der Waals surface area contributed by atoms with E-state index in [9.17, 15) is 46.7 Å². The summed E-state index contributed by atoms with van der Waals surface area (Å²) in [7, 11) is 9.72. The van der Waals surface area contributed by atoms with Gasteiger partial charge in [-0.05, 0) is 119 Å². The maximum atomic E-state index is 16.2. The lowest BCUT2D eigenvalue weighted by molar-refractivity contribution is -0.182. The van der Waals surface area contributed by atoms with Crippen LogP contribution in [0, 0.1) is 35.5 Å². The monoisotopic (exact) mass is 1470 g/mol. The third kappa shape index (κ3) is 19.5. The summed E-state index contributed by atoms with van der Waals surface area (Å²) in [6.07, 6.45) is 4.71. The molecular weight excluding hydrogens is 1360 g/mol. The first-order valence-corrected chi connectivity index (χ1v) is 37.9. The topological polar surface area (TPSA) is 270 Å². The normalized spacial score (nSPS) is 31.0. The molecule has 5 saturated carbocycles. The van der Waals surface area contributed by atoms with E-state index in [4.69, 9.17) is 11.6 Å². The minimum absolute atomic E-state index is 0.00125. The third-order valence-electron chi connectivity index (χ3n) is 24.0. The van der Waals surface area contributed by atoms with Crippen LogP contribution in [-0.2, 0) is 57.5 Å². The molecule has 8 rings (SSSR count). The summed E-state index contributed by atoms with van der Waals surface area (Å²) in [5.41, 5.74) is -1.81. The van der Waals surface area contributed by atoms with E-state index < -0.39 is 199 Å². The number of carbonyl (C=O) groups is 12. The largest absolute Gasteiger partial charge is 0.393 e. The van der Waals surface area contributed by atoms with Crippen LogP contribution in [0.5, 0.6) is 0 Å². The van der Waals surface area contributed by atoms with Crippen molar-refractivity contribution in [3.8, 4) is 0 Å². The lowest BCUT2D eigenvalue weighted by atomic mass is 9.78. The highest BCUT2D eigenvalue weighted by Crippen LogP contribution is 2.45. The molecule has 0 bridgehead atoms. The van der Waals surface area contributed by atoms with E-state index in [1.807, 2.05) is 6.92 Å². The molecule has 0 aromatic rings. The first kappa shape index (κ1) is 81.3. The molecular formula is C72H112ClF5N12O12. The summed E-state index contributed by atoms with van der Waals surface area (Å²) < 4.78 is 74.5. The second-order valence-corrected chi connectivity index (χ2v) is 31.8. The molecule has 12 amide bonds. The average molecular weight is 1470 g/mol. The maximum absolute atomic E-state index is 16.2. The Bertz CT molecular complexity index is 3030. The number of nitrogens with zero attached hydrogens (tertiary/aromatic N) is 9. The van der Waals surface area contributed by atoms with Gasteiger partial charge in [-0.25, -0.2) is 8.78 Å². The smallest absolute Gasteiger partial charge is 0.343 e. The van der Waals surface area contributed by atoms with Gasteiger partial charge in [-0.2, -0.15) is 13.2 Å². The summed E-state index contributed by atoms with van der Waals surface area (Å²) in [6, 6.07) is -9.91. The van der Waals surface area contributed by atoms with Crippen LogP contribution in [0.1, 0.15) is 194 Å². The fourth-order valence-electron chi connectivity index (χ4n) is 17.2. The van der Waals surface area contributed by atoms with Crippen LogP contribution < -0.4 is 16.0 Å². The molecule has 1 spiro atoms. The van der Waals surface area contributed by atoms with E-state index >= 15 is 32.8 Å². The van der Waals surface area contributed by atoms with Gasteiger partial charge >= 0.3 is 6.18 Å². The summed E-state index contributed by atoms with van der Waals surface area (Å²) >= 11 is 6.36. The van der Waals surface area contributed by atoms with Gasteiger partial charge in [-0.1, -0.05) is 90.9 Å². The molecule has 574 valence electrons. The molecule has 3 N–H and O–H groups in total. The lowest BCUT2D eigenvalue weighted by Crippen LogP contribution is -2.65. The minimum Gasteiger partial charge on any atom is -0.343 e. The highest BCUT2D eigenvalue weighted by molar-refractivity contribution is 6.21. The molecule has 3 aliphatic heterocycles. The molecule has 3 unspecified atom stereocenters. The third-order valence-corrected chi connectivity index (χ3v) is 24.5. The fraction of sp³-hybridized carbons (Fsp3) is 0.833. The highest BCUT2D eigenvalue weighted by Gasteiger charge is 2.56. The average Bonchev–Trinajstić information content (AvgIpc) is 1.51.